The van der Waals surface area contributed by atoms with Crippen molar-refractivity contribution in [2.24, 2.45) is 0 Å². The van der Waals surface area contributed by atoms with Crippen LogP contribution in [0.15, 0.2) is 41.8 Å². The van der Waals surface area contributed by atoms with Crippen LogP contribution in [0.1, 0.15) is 49.7 Å². The molecule has 2 amide bonds. The zero-order chi connectivity index (χ0) is 27.5. The lowest BCUT2D eigenvalue weighted by Crippen LogP contribution is -2.47. The van der Waals surface area contributed by atoms with Crippen LogP contribution in [0.4, 0.5) is 20.6 Å². The van der Waals surface area contributed by atoms with Crippen molar-refractivity contribution in [1.29, 1.82) is 0 Å². The monoisotopic (exact) mass is 564 g/mol. The Labute approximate surface area is 238 Å². The van der Waals surface area contributed by atoms with Crippen molar-refractivity contribution in [3.05, 3.63) is 58.7 Å². The van der Waals surface area contributed by atoms with Crippen molar-refractivity contribution in [2.75, 3.05) is 49.3 Å². The number of alkyl carbamates (subject to hydrolysis) is 1. The first kappa shape index (κ1) is 27.0. The van der Waals surface area contributed by atoms with E-state index in [-0.39, 0.29) is 24.5 Å². The molecule has 3 aliphatic rings. The molecule has 1 saturated heterocycles. The highest BCUT2D eigenvalue weighted by molar-refractivity contribution is 7.17. The first-order valence-corrected chi connectivity index (χ1v) is 15.4. The number of thiophene rings is 1. The van der Waals surface area contributed by atoms with Gasteiger partial charge < -0.3 is 15.0 Å². The third-order valence-corrected chi connectivity index (χ3v) is 9.41. The predicted molar refractivity (Wildman–Crippen MR) is 158 cm³/mol. The molecule has 212 valence electrons. The molecule has 2 fully saturated rings. The topological polar surface area (TPSA) is 65.1 Å². The van der Waals surface area contributed by atoms with Gasteiger partial charge in [0.15, 0.2) is 6.73 Å². The van der Waals surface area contributed by atoms with Crippen LogP contribution >= 0.6 is 11.3 Å². The number of nitrogens with one attached hydrogen (secondary N) is 1. The number of carbonyl (C=O) groups excluding carboxylic acids is 2. The predicted octanol–water partition coefficient (Wildman–Crippen LogP) is 5.70. The average molecular weight is 565 g/mol. The Balaban J connectivity index is 1.04. The average Bonchev–Trinajstić information content (AvgIpc) is 3.44. The molecule has 1 N–H and O–H groups in total. The van der Waals surface area contributed by atoms with Crippen LogP contribution in [0, 0.1) is 5.82 Å². The molecular formula is C31H37FN4O3S. The Hall–Kier alpha value is -3.17. The number of piperazine rings is 1. The summed E-state index contributed by atoms with van der Waals surface area (Å²) < 4.78 is 20.7. The Morgan fingerprint density at radius 2 is 1.82 bits per heavy atom. The van der Waals surface area contributed by atoms with Crippen LogP contribution in [0.5, 0.6) is 0 Å². The Kier molecular flexibility index (Phi) is 8.20. The number of hydrogen-bond acceptors (Lipinski definition) is 6. The minimum Gasteiger partial charge on any atom is -0.428 e. The number of anilines is 2. The van der Waals surface area contributed by atoms with Gasteiger partial charge in [0.25, 0.3) is 0 Å². The number of amides is 2. The van der Waals surface area contributed by atoms with Gasteiger partial charge in [-0.15, -0.1) is 11.3 Å². The zero-order valence-electron chi connectivity index (χ0n) is 22.9. The van der Waals surface area contributed by atoms with E-state index in [4.69, 9.17) is 4.74 Å². The third kappa shape index (κ3) is 6.10. The number of rotatable bonds is 7. The molecule has 9 heteroatoms. The van der Waals surface area contributed by atoms with Gasteiger partial charge in [-0.25, -0.2) is 9.18 Å². The standard InChI is InChI=1S/C31H37FN4O3S/c32-24-19-28(26-11-17-40-29(26)20-24)35-15-13-34(14-16-35)12-10-22-6-7-23-8-9-30(37)36(27(23)18-22)21-39-31(38)33-25-4-2-1-3-5-25/h6-7,11,17-20,25H,1-5,8-10,12-16,21H2,(H,33,38). The molecule has 0 spiro atoms. The minimum atomic E-state index is -0.444. The van der Waals surface area contributed by atoms with E-state index in [9.17, 15) is 14.0 Å². The Bertz CT molecular complexity index is 1360. The summed E-state index contributed by atoms with van der Waals surface area (Å²) >= 11 is 1.58. The summed E-state index contributed by atoms with van der Waals surface area (Å²) in [5.74, 6) is -0.189. The molecule has 0 radical (unpaired) electrons. The normalized spacial score (nSPS) is 18.7. The van der Waals surface area contributed by atoms with Crippen LogP contribution in [0.2, 0.25) is 0 Å². The number of carbonyl (C=O) groups is 2. The fraction of sp³-hybridized carbons (Fsp3) is 0.484. The number of fused-ring (bicyclic) bond motifs is 2. The van der Waals surface area contributed by atoms with Crippen molar-refractivity contribution in [2.45, 2.75) is 57.4 Å². The zero-order valence-corrected chi connectivity index (χ0v) is 23.7. The molecule has 1 saturated carbocycles. The maximum absolute atomic E-state index is 14.2. The van der Waals surface area contributed by atoms with E-state index >= 15 is 0 Å². The summed E-state index contributed by atoms with van der Waals surface area (Å²) in [6.45, 7) is 4.41. The van der Waals surface area contributed by atoms with E-state index in [1.54, 1.807) is 28.4 Å². The van der Waals surface area contributed by atoms with Gasteiger partial charge in [0, 0.05) is 61.0 Å². The van der Waals surface area contributed by atoms with Crippen LogP contribution in [0.3, 0.4) is 0 Å². The van der Waals surface area contributed by atoms with Crippen LogP contribution in [-0.2, 0) is 22.4 Å². The van der Waals surface area contributed by atoms with Crippen molar-refractivity contribution in [1.82, 2.24) is 10.2 Å². The summed E-state index contributed by atoms with van der Waals surface area (Å²) in [6.07, 6.45) is 7.02. The number of benzene rings is 2. The van der Waals surface area contributed by atoms with Gasteiger partial charge in [-0.05, 0) is 66.5 Å². The van der Waals surface area contributed by atoms with E-state index in [1.807, 2.05) is 5.38 Å². The maximum atomic E-state index is 14.2. The summed E-state index contributed by atoms with van der Waals surface area (Å²) in [4.78, 5) is 31.5. The summed E-state index contributed by atoms with van der Waals surface area (Å²) in [7, 11) is 0. The second-order valence-electron chi connectivity index (χ2n) is 11.2. The molecule has 0 atom stereocenters. The van der Waals surface area contributed by atoms with Crippen molar-refractivity contribution in [3.8, 4) is 0 Å². The van der Waals surface area contributed by atoms with Gasteiger partial charge in [0.1, 0.15) is 5.82 Å². The highest BCUT2D eigenvalue weighted by Crippen LogP contribution is 2.33. The number of halogens is 1. The number of aryl methyl sites for hydroxylation is 1. The second kappa shape index (κ2) is 12.1. The highest BCUT2D eigenvalue weighted by atomic mass is 32.1. The molecule has 0 unspecified atom stereocenters. The summed E-state index contributed by atoms with van der Waals surface area (Å²) in [6, 6.07) is 11.9. The van der Waals surface area contributed by atoms with Gasteiger partial charge in [0.05, 0.1) is 5.69 Å². The van der Waals surface area contributed by atoms with E-state index in [2.05, 4.69) is 39.4 Å². The van der Waals surface area contributed by atoms with Gasteiger partial charge in [-0.2, -0.15) is 0 Å². The first-order valence-electron chi connectivity index (χ1n) is 14.5. The molecule has 2 aromatic carbocycles. The molecule has 3 heterocycles. The highest BCUT2D eigenvalue weighted by Gasteiger charge is 2.26. The van der Waals surface area contributed by atoms with Gasteiger partial charge in [-0.3, -0.25) is 14.6 Å². The number of nitrogens with zero attached hydrogens (tertiary/aromatic N) is 3. The van der Waals surface area contributed by atoms with Gasteiger partial charge >= 0.3 is 6.09 Å². The fourth-order valence-corrected chi connectivity index (χ4v) is 7.07. The van der Waals surface area contributed by atoms with Crippen molar-refractivity contribution in [3.63, 3.8) is 0 Å². The minimum absolute atomic E-state index is 0.0108. The quantitative estimate of drug-likeness (QED) is 0.399. The van der Waals surface area contributed by atoms with Crippen molar-refractivity contribution >= 4 is 44.8 Å². The van der Waals surface area contributed by atoms with Crippen LogP contribution in [0.25, 0.3) is 10.1 Å². The van der Waals surface area contributed by atoms with E-state index in [0.717, 1.165) is 97.4 Å². The second-order valence-corrected chi connectivity index (χ2v) is 12.1. The van der Waals surface area contributed by atoms with E-state index in [1.165, 1.54) is 6.42 Å². The summed E-state index contributed by atoms with van der Waals surface area (Å²) in [5, 5.41) is 6.11. The lowest BCUT2D eigenvalue weighted by atomic mass is 9.96. The maximum Gasteiger partial charge on any atom is 0.409 e. The third-order valence-electron chi connectivity index (χ3n) is 8.55. The molecular weight excluding hydrogens is 527 g/mol. The van der Waals surface area contributed by atoms with Crippen LogP contribution in [-0.4, -0.2) is 62.4 Å². The molecule has 1 aliphatic carbocycles. The van der Waals surface area contributed by atoms with Crippen molar-refractivity contribution < 1.29 is 18.7 Å². The summed E-state index contributed by atoms with van der Waals surface area (Å²) in [5.41, 5.74) is 4.13. The van der Waals surface area contributed by atoms with E-state index in [0.29, 0.717) is 12.8 Å². The lowest BCUT2D eigenvalue weighted by molar-refractivity contribution is -0.119. The SMILES string of the molecule is O=C(NC1CCCCC1)OCN1C(=O)CCc2ccc(CCN3CCN(c4cc(F)cc5sccc45)CC3)cc21. The smallest absolute Gasteiger partial charge is 0.409 e. The lowest BCUT2D eigenvalue weighted by Gasteiger charge is -2.36. The number of hydrogen-bond donors (Lipinski definition) is 1. The molecule has 2 aliphatic heterocycles. The van der Waals surface area contributed by atoms with Gasteiger partial charge in [-0.1, -0.05) is 31.4 Å². The molecule has 7 nitrogen and oxygen atoms in total. The molecule has 3 aromatic rings. The largest absolute Gasteiger partial charge is 0.428 e. The fourth-order valence-electron chi connectivity index (χ4n) is 6.24. The molecule has 40 heavy (non-hydrogen) atoms. The molecule has 1 aromatic heterocycles. The van der Waals surface area contributed by atoms with Crippen LogP contribution < -0.4 is 15.1 Å². The Morgan fingerprint density at radius 3 is 2.65 bits per heavy atom. The Morgan fingerprint density at radius 1 is 1.00 bits per heavy atom. The van der Waals surface area contributed by atoms with E-state index < -0.39 is 6.09 Å². The number of ether oxygens (including phenoxy) is 1. The molecule has 6 rings (SSSR count). The first-order chi connectivity index (χ1) is 19.5. The van der Waals surface area contributed by atoms with Gasteiger partial charge in [0.2, 0.25) is 5.91 Å². The molecule has 0 bridgehead atoms.